The van der Waals surface area contributed by atoms with Gasteiger partial charge in [-0.1, -0.05) is 55.1 Å². The third kappa shape index (κ3) is 6.48. The van der Waals surface area contributed by atoms with Crippen LogP contribution in [0.1, 0.15) is 26.2 Å². The summed E-state index contributed by atoms with van der Waals surface area (Å²) in [5.74, 6) is 0.977. The number of rotatable bonds is 9. The van der Waals surface area contributed by atoms with Crippen LogP contribution in [0.15, 0.2) is 42.5 Å². The molecule has 4 nitrogen and oxygen atoms in total. The van der Waals surface area contributed by atoms with Crippen LogP contribution in [0.5, 0.6) is 11.5 Å². The minimum atomic E-state index is -0.321. The van der Waals surface area contributed by atoms with E-state index in [0.717, 1.165) is 25.0 Å². The average Bonchev–Trinajstić information content (AvgIpc) is 2.61. The summed E-state index contributed by atoms with van der Waals surface area (Å²) in [5.41, 5.74) is 0.454. The lowest BCUT2D eigenvalue weighted by Crippen LogP contribution is -2.20. The van der Waals surface area contributed by atoms with E-state index in [9.17, 15) is 4.79 Å². The highest BCUT2D eigenvalue weighted by molar-refractivity contribution is 6.43. The van der Waals surface area contributed by atoms with Crippen molar-refractivity contribution in [2.75, 3.05) is 18.5 Å². The maximum atomic E-state index is 12.0. The summed E-state index contributed by atoms with van der Waals surface area (Å²) in [6.07, 6.45) is 3.31. The number of carbonyl (C=O) groups is 1. The second-order valence-electron chi connectivity index (χ2n) is 5.47. The molecule has 0 atom stereocenters. The molecule has 0 saturated carbocycles. The second-order valence-corrected chi connectivity index (χ2v) is 6.25. The van der Waals surface area contributed by atoms with E-state index in [-0.39, 0.29) is 12.5 Å². The normalized spacial score (nSPS) is 10.4. The zero-order chi connectivity index (χ0) is 18.1. The minimum Gasteiger partial charge on any atom is -0.493 e. The topological polar surface area (TPSA) is 47.6 Å². The Bertz CT molecular complexity index is 707. The number of nitrogens with one attached hydrogen (secondary N) is 1. The molecule has 0 aliphatic rings. The van der Waals surface area contributed by atoms with Crippen LogP contribution < -0.4 is 14.8 Å². The standard InChI is InChI=1S/C19H21Cl2NO3/c1-2-3-4-11-24-14-7-5-8-15(12-14)25-13-18(23)22-17-10-6-9-16(20)19(17)21/h5-10,12H,2-4,11,13H2,1H3,(H,22,23). The number of unbranched alkanes of at least 4 members (excludes halogenated alkanes) is 2. The molecule has 0 saturated heterocycles. The van der Waals surface area contributed by atoms with Crippen molar-refractivity contribution >= 4 is 34.8 Å². The van der Waals surface area contributed by atoms with Gasteiger partial charge in [0.05, 0.1) is 22.3 Å². The first-order valence-electron chi connectivity index (χ1n) is 8.19. The number of benzene rings is 2. The molecular weight excluding hydrogens is 361 g/mol. The monoisotopic (exact) mass is 381 g/mol. The summed E-state index contributed by atoms with van der Waals surface area (Å²) < 4.78 is 11.2. The molecule has 0 aliphatic heterocycles. The van der Waals surface area contributed by atoms with Gasteiger partial charge in [-0.2, -0.15) is 0 Å². The van der Waals surface area contributed by atoms with Crippen molar-refractivity contribution in [2.45, 2.75) is 26.2 Å². The molecule has 0 fully saturated rings. The van der Waals surface area contributed by atoms with Crippen LogP contribution >= 0.6 is 23.2 Å². The molecule has 1 N–H and O–H groups in total. The Morgan fingerprint density at radius 1 is 1.04 bits per heavy atom. The van der Waals surface area contributed by atoms with Crippen molar-refractivity contribution in [3.8, 4) is 11.5 Å². The van der Waals surface area contributed by atoms with Gasteiger partial charge in [0, 0.05) is 6.07 Å². The number of halogens is 2. The fourth-order valence-corrected chi connectivity index (χ4v) is 2.48. The van der Waals surface area contributed by atoms with Gasteiger partial charge in [0.25, 0.3) is 5.91 Å². The Labute approximate surface area is 158 Å². The van der Waals surface area contributed by atoms with Crippen LogP contribution in [-0.2, 0) is 4.79 Å². The van der Waals surface area contributed by atoms with Gasteiger partial charge in [-0.25, -0.2) is 0 Å². The Hall–Kier alpha value is -1.91. The van der Waals surface area contributed by atoms with Gasteiger partial charge >= 0.3 is 0 Å². The first kappa shape index (κ1) is 19.4. The average molecular weight is 382 g/mol. The van der Waals surface area contributed by atoms with Gasteiger partial charge < -0.3 is 14.8 Å². The highest BCUT2D eigenvalue weighted by Gasteiger charge is 2.09. The highest BCUT2D eigenvalue weighted by atomic mass is 35.5. The fraction of sp³-hybridized carbons (Fsp3) is 0.316. The molecule has 2 rings (SSSR count). The van der Waals surface area contributed by atoms with E-state index in [0.29, 0.717) is 28.1 Å². The molecule has 2 aromatic rings. The lowest BCUT2D eigenvalue weighted by molar-refractivity contribution is -0.118. The number of amides is 1. The van der Waals surface area contributed by atoms with Gasteiger partial charge in [0.1, 0.15) is 11.5 Å². The predicted octanol–water partition coefficient (Wildman–Crippen LogP) is 5.58. The molecule has 0 aliphatic carbocycles. The van der Waals surface area contributed by atoms with Crippen LogP contribution in [0, 0.1) is 0 Å². The van der Waals surface area contributed by atoms with Crippen molar-refractivity contribution in [1.82, 2.24) is 0 Å². The number of carbonyl (C=O) groups excluding carboxylic acids is 1. The Kier molecular flexibility index (Phi) is 7.89. The molecule has 134 valence electrons. The Morgan fingerprint density at radius 2 is 1.76 bits per heavy atom. The van der Waals surface area contributed by atoms with E-state index in [1.807, 2.05) is 12.1 Å². The molecule has 1 amide bonds. The lowest BCUT2D eigenvalue weighted by Gasteiger charge is -2.11. The number of ether oxygens (including phenoxy) is 2. The lowest BCUT2D eigenvalue weighted by atomic mass is 10.3. The van der Waals surface area contributed by atoms with Crippen molar-refractivity contribution < 1.29 is 14.3 Å². The zero-order valence-corrected chi connectivity index (χ0v) is 15.6. The summed E-state index contributed by atoms with van der Waals surface area (Å²) in [6, 6.07) is 12.3. The van der Waals surface area contributed by atoms with E-state index < -0.39 is 0 Å². The summed E-state index contributed by atoms with van der Waals surface area (Å²) in [7, 11) is 0. The molecule has 0 radical (unpaired) electrons. The molecule has 0 spiro atoms. The van der Waals surface area contributed by atoms with Crippen LogP contribution in [0.3, 0.4) is 0 Å². The summed E-state index contributed by atoms with van der Waals surface area (Å²) in [6.45, 7) is 2.68. The first-order valence-corrected chi connectivity index (χ1v) is 8.95. The van der Waals surface area contributed by atoms with Gasteiger partial charge in [-0.15, -0.1) is 0 Å². The zero-order valence-electron chi connectivity index (χ0n) is 14.1. The van der Waals surface area contributed by atoms with Crippen LogP contribution in [0.25, 0.3) is 0 Å². The number of anilines is 1. The molecule has 6 heteroatoms. The van der Waals surface area contributed by atoms with Gasteiger partial charge in [0.15, 0.2) is 6.61 Å². The Balaban J connectivity index is 1.84. The summed E-state index contributed by atoms with van der Waals surface area (Å²) in [5, 5.41) is 3.36. The van der Waals surface area contributed by atoms with Crippen LogP contribution in [-0.4, -0.2) is 19.1 Å². The third-order valence-electron chi connectivity index (χ3n) is 3.42. The number of hydrogen-bond acceptors (Lipinski definition) is 3. The van der Waals surface area contributed by atoms with E-state index in [2.05, 4.69) is 12.2 Å². The van der Waals surface area contributed by atoms with Crippen molar-refractivity contribution in [1.29, 1.82) is 0 Å². The predicted molar refractivity (Wildman–Crippen MR) is 102 cm³/mol. The molecule has 2 aromatic carbocycles. The third-order valence-corrected chi connectivity index (χ3v) is 4.24. The summed E-state index contributed by atoms with van der Waals surface area (Å²) >= 11 is 12.0. The van der Waals surface area contributed by atoms with E-state index in [4.69, 9.17) is 32.7 Å². The fourth-order valence-electron chi connectivity index (χ4n) is 2.13. The van der Waals surface area contributed by atoms with Crippen LogP contribution in [0.2, 0.25) is 10.0 Å². The first-order chi connectivity index (χ1) is 12.1. The number of hydrogen-bond donors (Lipinski definition) is 1. The maximum Gasteiger partial charge on any atom is 0.262 e. The van der Waals surface area contributed by atoms with Crippen LogP contribution in [0.4, 0.5) is 5.69 Å². The Morgan fingerprint density at radius 3 is 2.52 bits per heavy atom. The van der Waals surface area contributed by atoms with E-state index in [1.54, 1.807) is 30.3 Å². The maximum absolute atomic E-state index is 12.0. The summed E-state index contributed by atoms with van der Waals surface area (Å²) in [4.78, 5) is 12.0. The SMILES string of the molecule is CCCCCOc1cccc(OCC(=O)Nc2cccc(Cl)c2Cl)c1. The molecule has 25 heavy (non-hydrogen) atoms. The molecule has 0 bridgehead atoms. The van der Waals surface area contributed by atoms with Crippen molar-refractivity contribution in [3.05, 3.63) is 52.5 Å². The highest BCUT2D eigenvalue weighted by Crippen LogP contribution is 2.29. The van der Waals surface area contributed by atoms with Gasteiger partial charge in [0.2, 0.25) is 0 Å². The van der Waals surface area contributed by atoms with Crippen molar-refractivity contribution in [3.63, 3.8) is 0 Å². The molecule has 0 aromatic heterocycles. The minimum absolute atomic E-state index is 0.137. The largest absolute Gasteiger partial charge is 0.493 e. The van der Waals surface area contributed by atoms with E-state index >= 15 is 0 Å². The van der Waals surface area contributed by atoms with E-state index in [1.165, 1.54) is 0 Å². The van der Waals surface area contributed by atoms with Gasteiger partial charge in [-0.05, 0) is 30.7 Å². The quantitative estimate of drug-likeness (QED) is 0.576. The second kappa shape index (κ2) is 10.2. The van der Waals surface area contributed by atoms with Gasteiger partial charge in [-0.3, -0.25) is 4.79 Å². The molecule has 0 heterocycles. The molecular formula is C19H21Cl2NO3. The molecule has 0 unspecified atom stereocenters. The smallest absolute Gasteiger partial charge is 0.262 e. The van der Waals surface area contributed by atoms with Crippen molar-refractivity contribution in [2.24, 2.45) is 0 Å².